The van der Waals surface area contributed by atoms with Crippen LogP contribution < -0.4 is 5.32 Å². The van der Waals surface area contributed by atoms with E-state index in [1.54, 1.807) is 0 Å². The molecule has 0 aromatic heterocycles. The normalized spacial score (nSPS) is 33.0. The zero-order valence-electron chi connectivity index (χ0n) is 16.4. The molecule has 27 heavy (non-hydrogen) atoms. The molecule has 5 nitrogen and oxygen atoms in total. The molecular formula is C22H31N3O2. The molecule has 146 valence electrons. The van der Waals surface area contributed by atoms with Gasteiger partial charge in [-0.25, -0.2) is 0 Å². The number of hydrogen-bond acceptors (Lipinski definition) is 3. The van der Waals surface area contributed by atoms with Gasteiger partial charge in [0.2, 0.25) is 5.91 Å². The van der Waals surface area contributed by atoms with Gasteiger partial charge >= 0.3 is 0 Å². The quantitative estimate of drug-likeness (QED) is 0.891. The molecule has 3 saturated heterocycles. The van der Waals surface area contributed by atoms with Crippen molar-refractivity contribution < 1.29 is 9.59 Å². The van der Waals surface area contributed by atoms with Crippen molar-refractivity contribution in [1.29, 1.82) is 0 Å². The van der Waals surface area contributed by atoms with Crippen LogP contribution in [-0.2, 0) is 4.79 Å². The maximum Gasteiger partial charge on any atom is 0.253 e. The Balaban J connectivity index is 1.42. The third-order valence-electron chi connectivity index (χ3n) is 6.82. The van der Waals surface area contributed by atoms with E-state index in [4.69, 9.17) is 0 Å². The standard InChI is InChI=1S/C22H31N3O2/c1-15-12-17(10-11-23-15)22(27)25-18-8-9-19(25)14-20(13-18)24(2)21(26)16-6-4-3-5-7-16/h3-7,15,17-20,23H,8-14H2,1-2H3/t15-,17-,18?,19?,20?/m0/s1. The molecule has 1 aromatic rings. The van der Waals surface area contributed by atoms with Crippen LogP contribution in [0, 0.1) is 5.92 Å². The highest BCUT2D eigenvalue weighted by atomic mass is 16.2. The highest BCUT2D eigenvalue weighted by molar-refractivity contribution is 5.94. The van der Waals surface area contributed by atoms with Crippen LogP contribution in [0.15, 0.2) is 30.3 Å². The van der Waals surface area contributed by atoms with Gasteiger partial charge in [-0.1, -0.05) is 18.2 Å². The van der Waals surface area contributed by atoms with E-state index in [1.165, 1.54) is 0 Å². The first-order chi connectivity index (χ1) is 13.0. The predicted octanol–water partition coefficient (Wildman–Crippen LogP) is 2.67. The highest BCUT2D eigenvalue weighted by Crippen LogP contribution is 2.39. The Morgan fingerprint density at radius 1 is 1.04 bits per heavy atom. The number of rotatable bonds is 3. The molecule has 4 atom stereocenters. The van der Waals surface area contributed by atoms with Crippen LogP contribution in [-0.4, -0.2) is 59.4 Å². The minimum atomic E-state index is 0.0898. The van der Waals surface area contributed by atoms with Crippen molar-refractivity contribution >= 4 is 11.8 Å². The first-order valence-electron chi connectivity index (χ1n) is 10.4. The summed E-state index contributed by atoms with van der Waals surface area (Å²) >= 11 is 0. The molecule has 3 heterocycles. The van der Waals surface area contributed by atoms with E-state index in [-0.39, 0.29) is 17.9 Å². The van der Waals surface area contributed by atoms with E-state index >= 15 is 0 Å². The van der Waals surface area contributed by atoms with Gasteiger partial charge in [-0.2, -0.15) is 0 Å². The fourth-order valence-electron chi connectivity index (χ4n) is 5.34. The van der Waals surface area contributed by atoms with Crippen molar-refractivity contribution in [3.05, 3.63) is 35.9 Å². The van der Waals surface area contributed by atoms with E-state index in [2.05, 4.69) is 17.1 Å². The number of nitrogens with one attached hydrogen (secondary N) is 1. The van der Waals surface area contributed by atoms with Crippen LogP contribution in [0.2, 0.25) is 0 Å². The summed E-state index contributed by atoms with van der Waals surface area (Å²) in [5.74, 6) is 0.628. The van der Waals surface area contributed by atoms with Crippen LogP contribution in [0.3, 0.4) is 0 Å². The highest BCUT2D eigenvalue weighted by Gasteiger charge is 2.46. The number of carbonyl (C=O) groups excluding carboxylic acids is 2. The van der Waals surface area contributed by atoms with Gasteiger partial charge < -0.3 is 15.1 Å². The van der Waals surface area contributed by atoms with Gasteiger partial charge in [0, 0.05) is 42.7 Å². The smallest absolute Gasteiger partial charge is 0.253 e. The number of fused-ring (bicyclic) bond motifs is 2. The fraction of sp³-hybridized carbons (Fsp3) is 0.636. The minimum Gasteiger partial charge on any atom is -0.339 e. The molecule has 0 aliphatic carbocycles. The second-order valence-corrected chi connectivity index (χ2v) is 8.61. The third kappa shape index (κ3) is 3.62. The summed E-state index contributed by atoms with van der Waals surface area (Å²) in [7, 11) is 1.92. The molecule has 0 saturated carbocycles. The molecule has 1 aromatic carbocycles. The summed E-state index contributed by atoms with van der Waals surface area (Å²) in [5, 5.41) is 3.44. The summed E-state index contributed by atoms with van der Waals surface area (Å²) in [5.41, 5.74) is 0.745. The minimum absolute atomic E-state index is 0.0898. The molecule has 3 aliphatic heterocycles. The molecule has 0 radical (unpaired) electrons. The monoisotopic (exact) mass is 369 g/mol. The number of nitrogens with zero attached hydrogens (tertiary/aromatic N) is 2. The first-order valence-corrected chi connectivity index (χ1v) is 10.4. The maximum absolute atomic E-state index is 13.2. The molecule has 2 unspecified atom stereocenters. The Morgan fingerprint density at radius 2 is 1.70 bits per heavy atom. The molecule has 2 bridgehead atoms. The fourth-order valence-corrected chi connectivity index (χ4v) is 5.34. The van der Waals surface area contributed by atoms with Crippen LogP contribution in [0.25, 0.3) is 0 Å². The molecule has 1 N–H and O–H groups in total. The molecule has 3 aliphatic rings. The van der Waals surface area contributed by atoms with Crippen LogP contribution in [0.1, 0.15) is 55.8 Å². The molecule has 4 rings (SSSR count). The number of piperidine rings is 2. The molecule has 2 amide bonds. The number of hydrogen-bond donors (Lipinski definition) is 1. The Labute approximate surface area is 162 Å². The predicted molar refractivity (Wildman–Crippen MR) is 105 cm³/mol. The summed E-state index contributed by atoms with van der Waals surface area (Å²) in [6.07, 6.45) is 5.90. The van der Waals surface area contributed by atoms with Crippen molar-refractivity contribution in [2.45, 2.75) is 69.6 Å². The summed E-state index contributed by atoms with van der Waals surface area (Å²) in [6.45, 7) is 3.11. The van der Waals surface area contributed by atoms with Gasteiger partial charge in [0.15, 0.2) is 0 Å². The van der Waals surface area contributed by atoms with Crippen molar-refractivity contribution in [1.82, 2.24) is 15.1 Å². The first kappa shape index (κ1) is 18.5. The third-order valence-corrected chi connectivity index (χ3v) is 6.82. The van der Waals surface area contributed by atoms with Crippen molar-refractivity contribution in [2.75, 3.05) is 13.6 Å². The van der Waals surface area contributed by atoms with Crippen LogP contribution in [0.5, 0.6) is 0 Å². The van der Waals surface area contributed by atoms with Crippen molar-refractivity contribution in [2.24, 2.45) is 5.92 Å². The van der Waals surface area contributed by atoms with Gasteiger partial charge in [0.25, 0.3) is 5.91 Å². The largest absolute Gasteiger partial charge is 0.339 e. The molecular weight excluding hydrogens is 338 g/mol. The van der Waals surface area contributed by atoms with Crippen molar-refractivity contribution in [3.8, 4) is 0 Å². The average Bonchev–Trinajstić information content (AvgIpc) is 2.96. The Kier molecular flexibility index (Phi) is 5.22. The summed E-state index contributed by atoms with van der Waals surface area (Å²) in [6, 6.07) is 10.8. The van der Waals surface area contributed by atoms with E-state index in [1.807, 2.05) is 42.3 Å². The average molecular weight is 370 g/mol. The number of amides is 2. The van der Waals surface area contributed by atoms with E-state index in [0.29, 0.717) is 24.0 Å². The van der Waals surface area contributed by atoms with Gasteiger partial charge in [-0.3, -0.25) is 9.59 Å². The Bertz CT molecular complexity index is 678. The van der Waals surface area contributed by atoms with Crippen LogP contribution >= 0.6 is 0 Å². The summed E-state index contributed by atoms with van der Waals surface area (Å²) in [4.78, 5) is 30.1. The van der Waals surface area contributed by atoms with E-state index < -0.39 is 0 Å². The SMILES string of the molecule is C[C@H]1C[C@@H](C(=O)N2C3CCC2CC(N(C)C(=O)c2ccccc2)C3)CCN1. The second kappa shape index (κ2) is 7.63. The lowest BCUT2D eigenvalue weighted by Gasteiger charge is -2.44. The van der Waals surface area contributed by atoms with Gasteiger partial charge in [-0.15, -0.1) is 0 Å². The van der Waals surface area contributed by atoms with Crippen LogP contribution in [0.4, 0.5) is 0 Å². The Hall–Kier alpha value is -1.88. The molecule has 0 spiro atoms. The van der Waals surface area contributed by atoms with Gasteiger partial charge in [-0.05, 0) is 64.1 Å². The lowest BCUT2D eigenvalue weighted by Crippen LogP contribution is -2.55. The lowest BCUT2D eigenvalue weighted by atomic mass is 9.89. The van der Waals surface area contributed by atoms with E-state index in [0.717, 1.165) is 50.6 Å². The number of benzene rings is 1. The second-order valence-electron chi connectivity index (χ2n) is 8.61. The Morgan fingerprint density at radius 3 is 2.33 bits per heavy atom. The maximum atomic E-state index is 13.2. The molecule has 3 fully saturated rings. The van der Waals surface area contributed by atoms with Gasteiger partial charge in [0.1, 0.15) is 0 Å². The van der Waals surface area contributed by atoms with Gasteiger partial charge in [0.05, 0.1) is 0 Å². The zero-order chi connectivity index (χ0) is 19.0. The van der Waals surface area contributed by atoms with Crippen molar-refractivity contribution in [3.63, 3.8) is 0 Å². The molecule has 5 heteroatoms. The zero-order valence-corrected chi connectivity index (χ0v) is 16.4. The lowest BCUT2D eigenvalue weighted by molar-refractivity contribution is -0.142. The summed E-state index contributed by atoms with van der Waals surface area (Å²) < 4.78 is 0. The topological polar surface area (TPSA) is 52.7 Å². The number of carbonyl (C=O) groups is 2. The van der Waals surface area contributed by atoms with E-state index in [9.17, 15) is 9.59 Å².